The molecule has 0 radical (unpaired) electrons. The van der Waals surface area contributed by atoms with Crippen molar-refractivity contribution in [2.75, 3.05) is 19.4 Å². The second-order valence-corrected chi connectivity index (χ2v) is 7.90. The summed E-state index contributed by atoms with van der Waals surface area (Å²) in [6.45, 7) is 3.18. The summed E-state index contributed by atoms with van der Waals surface area (Å²) in [5.41, 5.74) is 5.88. The molecule has 1 heterocycles. The first kappa shape index (κ1) is 18.9. The van der Waals surface area contributed by atoms with Crippen LogP contribution in [0.25, 0.3) is 10.9 Å². The third-order valence-corrected chi connectivity index (χ3v) is 4.92. The van der Waals surface area contributed by atoms with Gasteiger partial charge in [0.15, 0.2) is 0 Å². The highest BCUT2D eigenvalue weighted by Gasteiger charge is 2.10. The molecule has 0 amide bonds. The molecule has 0 bridgehead atoms. The molecule has 0 fully saturated rings. The van der Waals surface area contributed by atoms with Crippen LogP contribution in [0.5, 0.6) is 0 Å². The molecule has 0 aliphatic rings. The van der Waals surface area contributed by atoms with E-state index in [2.05, 4.69) is 88.5 Å². The predicted octanol–water partition coefficient (Wildman–Crippen LogP) is 6.15. The summed E-state index contributed by atoms with van der Waals surface area (Å²) < 4.78 is 1.07. The molecular weight excluding hydrogens is 386 g/mol. The van der Waals surface area contributed by atoms with Crippen LogP contribution >= 0.6 is 15.9 Å². The molecule has 0 atom stereocenters. The van der Waals surface area contributed by atoms with Gasteiger partial charge in [-0.15, -0.1) is 0 Å². The Labute approximate surface area is 164 Å². The van der Waals surface area contributed by atoms with E-state index in [4.69, 9.17) is 0 Å². The van der Waals surface area contributed by atoms with Gasteiger partial charge in [0.2, 0.25) is 0 Å². The normalized spacial score (nSPS) is 11.3. The minimum Gasteiger partial charge on any atom is -0.355 e. The fraction of sp³-hybridized carbons (Fsp3) is 0.318. The van der Waals surface area contributed by atoms with Crippen molar-refractivity contribution in [1.29, 1.82) is 0 Å². The summed E-state index contributed by atoms with van der Waals surface area (Å²) in [5, 5.41) is 4.82. The molecule has 0 spiro atoms. The molecule has 0 aliphatic heterocycles. The highest BCUT2D eigenvalue weighted by Crippen LogP contribution is 2.32. The van der Waals surface area contributed by atoms with Gasteiger partial charge in [-0.25, -0.2) is 0 Å². The Morgan fingerprint density at radius 2 is 1.85 bits per heavy atom. The van der Waals surface area contributed by atoms with E-state index < -0.39 is 0 Å². The highest BCUT2D eigenvalue weighted by molar-refractivity contribution is 9.10. The second-order valence-electron chi connectivity index (χ2n) is 6.98. The van der Waals surface area contributed by atoms with E-state index in [0.717, 1.165) is 40.4 Å². The number of benzene rings is 2. The Bertz CT molecular complexity index is 872. The van der Waals surface area contributed by atoms with E-state index in [9.17, 15) is 0 Å². The predicted molar refractivity (Wildman–Crippen MR) is 115 cm³/mol. The van der Waals surface area contributed by atoms with Crippen molar-refractivity contribution in [3.05, 3.63) is 64.3 Å². The Hall–Kier alpha value is -1.91. The van der Waals surface area contributed by atoms with Crippen molar-refractivity contribution in [2.45, 2.75) is 32.7 Å². The summed E-state index contributed by atoms with van der Waals surface area (Å²) >= 11 is 3.60. The van der Waals surface area contributed by atoms with Gasteiger partial charge in [0.1, 0.15) is 0 Å². The van der Waals surface area contributed by atoms with Gasteiger partial charge >= 0.3 is 0 Å². The fourth-order valence-electron chi connectivity index (χ4n) is 3.11. The maximum Gasteiger partial charge on any atom is 0.0723 e. The second kappa shape index (κ2) is 8.65. The van der Waals surface area contributed by atoms with Crippen LogP contribution in [0.1, 0.15) is 30.9 Å². The van der Waals surface area contributed by atoms with Gasteiger partial charge in [-0.2, -0.15) is 0 Å². The number of rotatable bonds is 7. The highest BCUT2D eigenvalue weighted by atomic mass is 79.9. The molecule has 0 unspecified atom stereocenters. The first-order chi connectivity index (χ1) is 12.6. The minimum atomic E-state index is 0.952. The summed E-state index contributed by atoms with van der Waals surface area (Å²) in [4.78, 5) is 6.84. The fourth-order valence-corrected chi connectivity index (χ4v) is 3.47. The van der Waals surface area contributed by atoms with Gasteiger partial charge in [0, 0.05) is 28.3 Å². The molecule has 3 rings (SSSR count). The Morgan fingerprint density at radius 3 is 2.54 bits per heavy atom. The van der Waals surface area contributed by atoms with Crippen molar-refractivity contribution < 1.29 is 0 Å². The van der Waals surface area contributed by atoms with Crippen LogP contribution in [0.3, 0.4) is 0 Å². The number of aryl methyl sites for hydroxylation is 1. The van der Waals surface area contributed by atoms with Crippen LogP contribution in [-0.4, -0.2) is 24.0 Å². The van der Waals surface area contributed by atoms with E-state index in [-0.39, 0.29) is 0 Å². The average Bonchev–Trinajstić information content (AvgIpc) is 2.62. The number of pyridine rings is 1. The van der Waals surface area contributed by atoms with Gasteiger partial charge in [-0.05, 0) is 68.4 Å². The molecule has 1 N–H and O–H groups in total. The Morgan fingerprint density at radius 1 is 1.08 bits per heavy atom. The number of hydrogen-bond donors (Lipinski definition) is 1. The van der Waals surface area contributed by atoms with Crippen molar-refractivity contribution in [3.8, 4) is 0 Å². The largest absolute Gasteiger partial charge is 0.355 e. The van der Waals surface area contributed by atoms with Crippen LogP contribution in [0, 0.1) is 0 Å². The summed E-state index contributed by atoms with van der Waals surface area (Å²) in [5.74, 6) is 0. The van der Waals surface area contributed by atoms with E-state index in [1.165, 1.54) is 23.2 Å². The first-order valence-electron chi connectivity index (χ1n) is 9.14. The molecule has 4 heteroatoms. The van der Waals surface area contributed by atoms with E-state index >= 15 is 0 Å². The van der Waals surface area contributed by atoms with Gasteiger partial charge in [0.05, 0.1) is 11.2 Å². The number of halogens is 1. The molecular formula is C22H26BrN3. The zero-order valence-corrected chi connectivity index (χ0v) is 17.3. The van der Waals surface area contributed by atoms with Crippen LogP contribution in [0.4, 0.5) is 11.4 Å². The van der Waals surface area contributed by atoms with E-state index in [1.807, 2.05) is 12.3 Å². The van der Waals surface area contributed by atoms with Gasteiger partial charge in [0.25, 0.3) is 0 Å². The standard InChI is InChI=1S/C22H26BrN3/c1-4-5-6-17-14-24-21-12-9-18(23)13-20(21)22(17)25-19-10-7-16(8-11-19)15-26(2)3/h7-14H,4-6,15H2,1-3H3,(H,24,25). The average molecular weight is 412 g/mol. The number of anilines is 2. The van der Waals surface area contributed by atoms with Crippen molar-refractivity contribution in [3.63, 3.8) is 0 Å². The first-order valence-corrected chi connectivity index (χ1v) is 9.94. The lowest BCUT2D eigenvalue weighted by Crippen LogP contribution is -2.10. The Kier molecular flexibility index (Phi) is 6.28. The van der Waals surface area contributed by atoms with Crippen LogP contribution in [0.2, 0.25) is 0 Å². The SMILES string of the molecule is CCCCc1cnc2ccc(Br)cc2c1Nc1ccc(CN(C)C)cc1. The quantitative estimate of drug-likeness (QED) is 0.505. The van der Waals surface area contributed by atoms with Crippen molar-refractivity contribution in [2.24, 2.45) is 0 Å². The summed E-state index contributed by atoms with van der Waals surface area (Å²) in [6.07, 6.45) is 5.40. The monoisotopic (exact) mass is 411 g/mol. The van der Waals surface area contributed by atoms with Gasteiger partial charge in [-0.3, -0.25) is 4.98 Å². The lowest BCUT2D eigenvalue weighted by molar-refractivity contribution is 0.402. The third-order valence-electron chi connectivity index (χ3n) is 4.43. The molecule has 0 saturated carbocycles. The summed E-state index contributed by atoms with van der Waals surface area (Å²) in [7, 11) is 4.18. The van der Waals surface area contributed by atoms with E-state index in [1.54, 1.807) is 0 Å². The zero-order valence-electron chi connectivity index (χ0n) is 15.7. The van der Waals surface area contributed by atoms with Gasteiger partial charge < -0.3 is 10.2 Å². The number of aromatic nitrogens is 1. The smallest absolute Gasteiger partial charge is 0.0723 e. The number of hydrogen-bond acceptors (Lipinski definition) is 3. The van der Waals surface area contributed by atoms with Gasteiger partial charge in [-0.1, -0.05) is 41.4 Å². The molecule has 0 aliphatic carbocycles. The van der Waals surface area contributed by atoms with Crippen molar-refractivity contribution in [1.82, 2.24) is 9.88 Å². The minimum absolute atomic E-state index is 0.952. The number of nitrogens with zero attached hydrogens (tertiary/aromatic N) is 2. The molecule has 2 aromatic carbocycles. The summed E-state index contributed by atoms with van der Waals surface area (Å²) in [6, 6.07) is 15.0. The molecule has 3 nitrogen and oxygen atoms in total. The van der Waals surface area contributed by atoms with Crippen LogP contribution < -0.4 is 5.32 Å². The zero-order chi connectivity index (χ0) is 18.5. The molecule has 0 saturated heterocycles. The third kappa shape index (κ3) is 4.63. The van der Waals surface area contributed by atoms with E-state index in [0.29, 0.717) is 0 Å². The van der Waals surface area contributed by atoms with Crippen LogP contribution in [-0.2, 0) is 13.0 Å². The topological polar surface area (TPSA) is 28.2 Å². The molecule has 3 aromatic rings. The Balaban J connectivity index is 1.97. The number of unbranched alkanes of at least 4 members (excludes halogenated alkanes) is 1. The molecule has 26 heavy (non-hydrogen) atoms. The van der Waals surface area contributed by atoms with Crippen molar-refractivity contribution >= 4 is 38.2 Å². The lowest BCUT2D eigenvalue weighted by atomic mass is 10.0. The molecule has 1 aromatic heterocycles. The van der Waals surface area contributed by atoms with Crippen LogP contribution in [0.15, 0.2) is 53.1 Å². The number of fused-ring (bicyclic) bond motifs is 1. The lowest BCUT2D eigenvalue weighted by Gasteiger charge is -2.16. The molecule has 136 valence electrons. The maximum atomic E-state index is 4.66. The maximum absolute atomic E-state index is 4.66. The number of nitrogens with one attached hydrogen (secondary N) is 1.